The summed E-state index contributed by atoms with van der Waals surface area (Å²) in [5.41, 5.74) is 0.112. The van der Waals surface area contributed by atoms with E-state index in [9.17, 15) is 9.90 Å². The van der Waals surface area contributed by atoms with E-state index in [1.165, 1.54) is 12.1 Å². The lowest BCUT2D eigenvalue weighted by Gasteiger charge is -2.00. The molecule has 22 heavy (non-hydrogen) atoms. The van der Waals surface area contributed by atoms with Gasteiger partial charge in [-0.05, 0) is 62.2 Å². The fraction of sp³-hybridized carbons (Fsp3) is 0.133. The predicted octanol–water partition coefficient (Wildman–Crippen LogP) is 6.70. The van der Waals surface area contributed by atoms with Gasteiger partial charge in [0.15, 0.2) is 6.29 Å². The summed E-state index contributed by atoms with van der Waals surface area (Å²) >= 11 is 17.3. The first kappa shape index (κ1) is 23.5. The fourth-order valence-corrected chi connectivity index (χ4v) is 2.11. The maximum atomic E-state index is 10.3. The third kappa shape index (κ3) is 6.57. The highest BCUT2D eigenvalue weighted by atomic mass is 79.9. The Labute approximate surface area is 157 Å². The van der Waals surface area contributed by atoms with Crippen LogP contribution in [0.1, 0.15) is 25.2 Å². The van der Waals surface area contributed by atoms with Gasteiger partial charge in [0.25, 0.3) is 0 Å². The van der Waals surface area contributed by atoms with Crippen LogP contribution in [0.2, 0.25) is 10.0 Å². The molecule has 2 N–H and O–H groups in total. The molecule has 0 saturated heterocycles. The highest BCUT2D eigenvalue weighted by Crippen LogP contribution is 2.31. The van der Waals surface area contributed by atoms with E-state index in [1.54, 1.807) is 18.2 Å². The molecule has 2 aromatic carbocycles. The van der Waals surface area contributed by atoms with Gasteiger partial charge in [-0.25, -0.2) is 0 Å². The predicted molar refractivity (Wildman–Crippen MR) is 100 cm³/mol. The average Bonchev–Trinajstić information content (AvgIpc) is 2.40. The monoisotopic (exact) mass is 472 g/mol. The normalized spacial score (nSPS) is 8.73. The van der Waals surface area contributed by atoms with Crippen LogP contribution >= 0.6 is 55.1 Å². The van der Waals surface area contributed by atoms with Crippen molar-refractivity contribution in [2.45, 2.75) is 14.9 Å². The molecule has 0 bridgehead atoms. The second kappa shape index (κ2) is 10.9. The summed E-state index contributed by atoms with van der Waals surface area (Å²) in [7, 11) is 0. The molecule has 0 fully saturated rings. The molecule has 2 aromatic rings. The second-order valence-corrected chi connectivity index (χ2v) is 6.06. The number of aldehydes is 1. The molecule has 122 valence electrons. The van der Waals surface area contributed by atoms with Gasteiger partial charge in [-0.3, -0.25) is 4.79 Å². The van der Waals surface area contributed by atoms with Crippen molar-refractivity contribution in [2.75, 3.05) is 0 Å². The van der Waals surface area contributed by atoms with Crippen LogP contribution in [-0.4, -0.2) is 16.5 Å². The van der Waals surface area contributed by atoms with E-state index < -0.39 is 0 Å². The van der Waals surface area contributed by atoms with Crippen LogP contribution in [0.3, 0.4) is 0 Å². The summed E-state index contributed by atoms with van der Waals surface area (Å²) in [6.45, 7) is 0. The van der Waals surface area contributed by atoms with E-state index in [0.29, 0.717) is 20.3 Å². The molecule has 0 heterocycles. The van der Waals surface area contributed by atoms with Crippen molar-refractivity contribution in [1.82, 2.24) is 0 Å². The zero-order valence-electron chi connectivity index (χ0n) is 9.78. The first-order valence-corrected chi connectivity index (χ1v) is 7.47. The van der Waals surface area contributed by atoms with E-state index in [4.69, 9.17) is 28.3 Å². The van der Waals surface area contributed by atoms with Gasteiger partial charge in [-0.2, -0.15) is 0 Å². The van der Waals surface area contributed by atoms with Gasteiger partial charge in [0.05, 0.1) is 19.5 Å². The number of hydrogen-bond donors (Lipinski definition) is 2. The molecule has 0 aliphatic rings. The van der Waals surface area contributed by atoms with Crippen LogP contribution in [0, 0.1) is 0 Å². The number of carbonyl (C=O) groups excluding carboxylic acids is 1. The zero-order chi connectivity index (χ0) is 15.3. The quantitative estimate of drug-likeness (QED) is 0.452. The molecule has 0 spiro atoms. The summed E-state index contributed by atoms with van der Waals surface area (Å²) in [4.78, 5) is 10.3. The van der Waals surface area contributed by atoms with Gasteiger partial charge in [0.2, 0.25) is 0 Å². The summed E-state index contributed by atoms with van der Waals surface area (Å²) in [5.74, 6) is 0.0509. The van der Waals surface area contributed by atoms with Gasteiger partial charge in [0, 0.05) is 5.02 Å². The first-order chi connectivity index (χ1) is 9.36. The highest BCUT2D eigenvalue weighted by molar-refractivity contribution is 9.10. The number of rotatable bonds is 1. The Bertz CT molecular complexity index is 634. The summed E-state index contributed by atoms with van der Waals surface area (Å²) in [6.07, 6.45) is 0.516. The van der Waals surface area contributed by atoms with Gasteiger partial charge in [0.1, 0.15) is 11.5 Å². The van der Waals surface area contributed by atoms with Crippen molar-refractivity contribution in [2.24, 2.45) is 0 Å². The Kier molecular flexibility index (Phi) is 11.6. The van der Waals surface area contributed by atoms with Crippen LogP contribution in [0.5, 0.6) is 11.5 Å². The van der Waals surface area contributed by atoms with Crippen LogP contribution in [0.15, 0.2) is 39.3 Å². The smallest absolute Gasteiger partial charge is 0.155 e. The lowest BCUT2D eigenvalue weighted by Crippen LogP contribution is -1.83. The largest absolute Gasteiger partial charge is 0.507 e. The van der Waals surface area contributed by atoms with Crippen molar-refractivity contribution in [3.63, 3.8) is 0 Å². The zero-order valence-corrected chi connectivity index (χ0v) is 14.5. The SMILES string of the molecule is C.C.O=Cc1c(Cl)ccc(Br)c1O.Oc1cc(Cl)ccc1Br. The molecule has 0 aliphatic carbocycles. The lowest BCUT2D eigenvalue weighted by atomic mass is 10.2. The molecule has 2 rings (SSSR count). The van der Waals surface area contributed by atoms with Crippen molar-refractivity contribution >= 4 is 61.3 Å². The van der Waals surface area contributed by atoms with Gasteiger partial charge in [-0.15, -0.1) is 0 Å². The Morgan fingerprint density at radius 1 is 0.955 bits per heavy atom. The van der Waals surface area contributed by atoms with E-state index in [1.807, 2.05) is 0 Å². The van der Waals surface area contributed by atoms with Crippen LogP contribution in [0.4, 0.5) is 0 Å². The minimum absolute atomic E-state index is 0. The summed E-state index contributed by atoms with van der Waals surface area (Å²) in [6, 6.07) is 7.98. The molecule has 0 atom stereocenters. The molecule has 0 aliphatic heterocycles. The number of phenols is 2. The first-order valence-electron chi connectivity index (χ1n) is 5.13. The Balaban J connectivity index is 0. The Morgan fingerprint density at radius 3 is 1.91 bits per heavy atom. The van der Waals surface area contributed by atoms with E-state index >= 15 is 0 Å². The van der Waals surface area contributed by atoms with Gasteiger partial charge in [-0.1, -0.05) is 38.1 Å². The number of phenolic OH excluding ortho intramolecular Hbond substituents is 2. The number of benzene rings is 2. The molecule has 7 heteroatoms. The molecular formula is C15H16Br2Cl2O3. The average molecular weight is 475 g/mol. The molecular weight excluding hydrogens is 459 g/mol. The van der Waals surface area contributed by atoms with Crippen LogP contribution in [0.25, 0.3) is 0 Å². The third-order valence-electron chi connectivity index (χ3n) is 2.14. The minimum Gasteiger partial charge on any atom is -0.507 e. The second-order valence-electron chi connectivity index (χ2n) is 3.51. The van der Waals surface area contributed by atoms with Crippen molar-refractivity contribution in [3.05, 3.63) is 54.9 Å². The van der Waals surface area contributed by atoms with Crippen molar-refractivity contribution in [3.8, 4) is 11.5 Å². The molecule has 0 saturated carbocycles. The van der Waals surface area contributed by atoms with Gasteiger partial charge >= 0.3 is 0 Å². The van der Waals surface area contributed by atoms with Crippen molar-refractivity contribution < 1.29 is 15.0 Å². The minimum atomic E-state index is -0.118. The fourth-order valence-electron chi connectivity index (χ4n) is 1.15. The maximum Gasteiger partial charge on any atom is 0.155 e. The molecule has 0 unspecified atom stereocenters. The molecule has 3 nitrogen and oxygen atoms in total. The number of halogens is 4. The number of carbonyl (C=O) groups is 1. The Hall–Kier alpha value is -0.750. The standard InChI is InChI=1S/C7H4BrClO2.C6H4BrClO.2CH4/c8-5-1-2-6(9)4(3-10)7(5)11;7-5-2-1-4(8)3-6(5)9;;/h1-3,11H;1-3,9H;2*1H4. The van der Waals surface area contributed by atoms with Crippen LogP contribution < -0.4 is 0 Å². The molecule has 0 radical (unpaired) electrons. The van der Waals surface area contributed by atoms with E-state index in [-0.39, 0.29) is 36.9 Å². The lowest BCUT2D eigenvalue weighted by molar-refractivity contribution is 0.112. The van der Waals surface area contributed by atoms with Crippen LogP contribution in [-0.2, 0) is 0 Å². The topological polar surface area (TPSA) is 57.5 Å². The van der Waals surface area contributed by atoms with Crippen molar-refractivity contribution in [1.29, 1.82) is 0 Å². The highest BCUT2D eigenvalue weighted by Gasteiger charge is 2.07. The maximum absolute atomic E-state index is 10.3. The Morgan fingerprint density at radius 2 is 1.50 bits per heavy atom. The molecule has 0 amide bonds. The number of hydrogen-bond acceptors (Lipinski definition) is 3. The van der Waals surface area contributed by atoms with Gasteiger partial charge < -0.3 is 10.2 Å². The summed E-state index contributed by atoms with van der Waals surface area (Å²) < 4.78 is 1.12. The van der Waals surface area contributed by atoms with E-state index in [0.717, 1.165) is 0 Å². The number of aromatic hydroxyl groups is 2. The van der Waals surface area contributed by atoms with E-state index in [2.05, 4.69) is 31.9 Å². The molecule has 0 aromatic heterocycles. The third-order valence-corrected chi connectivity index (χ3v) is 4.02. The summed E-state index contributed by atoms with van der Waals surface area (Å²) in [5, 5.41) is 19.0.